The number of halogens is 2. The number of alkyl halides is 2. The maximum atomic E-state index is 12.8. The van der Waals surface area contributed by atoms with Gasteiger partial charge in [-0.25, -0.2) is 0 Å². The van der Waals surface area contributed by atoms with Crippen molar-refractivity contribution in [3.63, 3.8) is 0 Å². The predicted molar refractivity (Wildman–Crippen MR) is 98.3 cm³/mol. The monoisotopic (exact) mass is 395 g/mol. The molecule has 0 saturated heterocycles. The minimum Gasteiger partial charge on any atom is -0.480 e. The maximum absolute atomic E-state index is 12.8. The Bertz CT molecular complexity index is 799. The van der Waals surface area contributed by atoms with E-state index in [2.05, 4.69) is 4.74 Å². The number of hydrogen-bond donors (Lipinski definition) is 1. The van der Waals surface area contributed by atoms with Crippen LogP contribution in [0.15, 0.2) is 53.4 Å². The second kappa shape index (κ2) is 9.36. The lowest BCUT2D eigenvalue weighted by molar-refractivity contribution is -0.136. The Hall–Kier alpha value is -2.61. The van der Waals surface area contributed by atoms with Gasteiger partial charge in [-0.1, -0.05) is 24.3 Å². The molecule has 0 fully saturated rings. The molecule has 0 saturated carbocycles. The highest BCUT2D eigenvalue weighted by molar-refractivity contribution is 8.00. The molecule has 2 aromatic rings. The summed E-state index contributed by atoms with van der Waals surface area (Å²) in [6.07, 6.45) is 0. The van der Waals surface area contributed by atoms with Gasteiger partial charge in [0.2, 0.25) is 0 Å². The molecule has 1 amide bonds. The van der Waals surface area contributed by atoms with E-state index in [1.807, 2.05) is 0 Å². The van der Waals surface area contributed by atoms with Crippen molar-refractivity contribution in [1.82, 2.24) is 4.90 Å². The molecule has 0 bridgehead atoms. The van der Waals surface area contributed by atoms with Crippen molar-refractivity contribution in [3.8, 4) is 5.75 Å². The average Bonchev–Trinajstić information content (AvgIpc) is 2.62. The zero-order valence-corrected chi connectivity index (χ0v) is 15.6. The van der Waals surface area contributed by atoms with Gasteiger partial charge in [-0.15, -0.1) is 11.8 Å². The summed E-state index contributed by atoms with van der Waals surface area (Å²) < 4.78 is 28.7. The van der Waals surface area contributed by atoms with Gasteiger partial charge in [-0.3, -0.25) is 9.59 Å². The van der Waals surface area contributed by atoms with E-state index in [1.54, 1.807) is 50.4 Å². The number of hydrogen-bond acceptors (Lipinski definition) is 4. The average molecular weight is 395 g/mol. The molecule has 0 spiro atoms. The van der Waals surface area contributed by atoms with E-state index in [-0.39, 0.29) is 18.2 Å². The Labute approximate surface area is 159 Å². The van der Waals surface area contributed by atoms with Crippen LogP contribution in [-0.2, 0) is 11.3 Å². The number of carboxylic acid groups (broad SMARTS) is 1. The Morgan fingerprint density at radius 1 is 1.15 bits per heavy atom. The minimum atomic E-state index is -2.89. The largest absolute Gasteiger partial charge is 0.480 e. The summed E-state index contributed by atoms with van der Waals surface area (Å²) in [7, 11) is 1.62. The molecule has 1 unspecified atom stereocenters. The highest BCUT2D eigenvalue weighted by atomic mass is 32.2. The van der Waals surface area contributed by atoms with Gasteiger partial charge in [0, 0.05) is 18.5 Å². The second-order valence-corrected chi connectivity index (χ2v) is 7.16. The molecule has 27 heavy (non-hydrogen) atoms. The third kappa shape index (κ3) is 5.96. The smallest absolute Gasteiger partial charge is 0.387 e. The molecular weight excluding hydrogens is 376 g/mol. The molecule has 0 aromatic heterocycles. The number of rotatable bonds is 8. The van der Waals surface area contributed by atoms with Gasteiger partial charge in [0.25, 0.3) is 5.91 Å². The molecular formula is C19H19F2NO4S. The standard InChI is InChI=1S/C19H19F2NO4S/c1-12(18(24)25)27-16-6-4-3-5-15(16)17(23)22(2)11-13-7-9-14(10-8-13)26-19(20)21/h3-10,12,19H,11H2,1-2H3,(H,24,25). The van der Waals surface area contributed by atoms with Crippen LogP contribution in [0.4, 0.5) is 8.78 Å². The molecule has 0 heterocycles. The Morgan fingerprint density at radius 3 is 2.37 bits per heavy atom. The van der Waals surface area contributed by atoms with Crippen LogP contribution in [0.2, 0.25) is 0 Å². The fourth-order valence-corrected chi connectivity index (χ4v) is 3.24. The van der Waals surface area contributed by atoms with E-state index in [0.717, 1.165) is 17.3 Å². The molecule has 8 heteroatoms. The fourth-order valence-electron chi connectivity index (χ4n) is 2.31. The van der Waals surface area contributed by atoms with Crippen LogP contribution in [-0.4, -0.2) is 40.8 Å². The molecule has 0 aliphatic rings. The van der Waals surface area contributed by atoms with Crippen molar-refractivity contribution in [2.45, 2.75) is 30.2 Å². The summed E-state index contributed by atoms with van der Waals surface area (Å²) in [5, 5.41) is 8.39. The van der Waals surface area contributed by atoms with E-state index in [4.69, 9.17) is 5.11 Å². The number of ether oxygens (including phenoxy) is 1. The van der Waals surface area contributed by atoms with Crippen LogP contribution in [0.25, 0.3) is 0 Å². The normalized spacial score (nSPS) is 11.9. The van der Waals surface area contributed by atoms with Crippen LogP contribution >= 0.6 is 11.8 Å². The number of carboxylic acids is 1. The number of benzene rings is 2. The van der Waals surface area contributed by atoms with Crippen molar-refractivity contribution in [2.75, 3.05) is 7.05 Å². The summed E-state index contributed by atoms with van der Waals surface area (Å²) in [4.78, 5) is 25.9. The van der Waals surface area contributed by atoms with E-state index in [1.165, 1.54) is 17.0 Å². The van der Waals surface area contributed by atoms with E-state index in [9.17, 15) is 18.4 Å². The molecule has 1 atom stereocenters. The van der Waals surface area contributed by atoms with Crippen molar-refractivity contribution in [2.24, 2.45) is 0 Å². The molecule has 0 radical (unpaired) electrons. The summed E-state index contributed by atoms with van der Waals surface area (Å²) in [6, 6.07) is 12.9. The number of amides is 1. The lowest BCUT2D eigenvalue weighted by Gasteiger charge is -2.20. The van der Waals surface area contributed by atoms with Crippen molar-refractivity contribution < 1.29 is 28.2 Å². The number of carbonyl (C=O) groups is 2. The van der Waals surface area contributed by atoms with Gasteiger partial charge < -0.3 is 14.7 Å². The molecule has 0 aliphatic carbocycles. The van der Waals surface area contributed by atoms with E-state index in [0.29, 0.717) is 10.5 Å². The molecule has 0 aliphatic heterocycles. The van der Waals surface area contributed by atoms with Crippen molar-refractivity contribution in [1.29, 1.82) is 0 Å². The summed E-state index contributed by atoms with van der Waals surface area (Å²) in [5.74, 6) is -1.17. The van der Waals surface area contributed by atoms with Gasteiger partial charge >= 0.3 is 12.6 Å². The predicted octanol–water partition coefficient (Wildman–Crippen LogP) is 4.13. The Kier molecular flexibility index (Phi) is 7.18. The number of nitrogens with zero attached hydrogens (tertiary/aromatic N) is 1. The molecule has 2 aromatic carbocycles. The molecule has 144 valence electrons. The first kappa shape index (κ1) is 20.7. The summed E-state index contributed by atoms with van der Waals surface area (Å²) >= 11 is 1.10. The van der Waals surface area contributed by atoms with Crippen LogP contribution in [0.3, 0.4) is 0 Å². The van der Waals surface area contributed by atoms with Gasteiger partial charge in [0.1, 0.15) is 11.0 Å². The Balaban J connectivity index is 2.10. The van der Waals surface area contributed by atoms with Crippen LogP contribution < -0.4 is 4.74 Å². The lowest BCUT2D eigenvalue weighted by Crippen LogP contribution is -2.27. The Morgan fingerprint density at radius 2 is 1.78 bits per heavy atom. The first-order chi connectivity index (χ1) is 12.8. The number of thioether (sulfide) groups is 1. The topological polar surface area (TPSA) is 66.8 Å². The molecule has 2 rings (SSSR count). The van der Waals surface area contributed by atoms with Gasteiger partial charge in [0.15, 0.2) is 0 Å². The fraction of sp³-hybridized carbons (Fsp3) is 0.263. The van der Waals surface area contributed by atoms with Crippen LogP contribution in [0, 0.1) is 0 Å². The third-order valence-electron chi connectivity index (χ3n) is 3.68. The lowest BCUT2D eigenvalue weighted by atomic mass is 10.1. The van der Waals surface area contributed by atoms with E-state index < -0.39 is 17.8 Å². The number of carbonyl (C=O) groups excluding carboxylic acids is 1. The zero-order valence-electron chi connectivity index (χ0n) is 14.8. The third-order valence-corrected chi connectivity index (χ3v) is 4.85. The zero-order chi connectivity index (χ0) is 20.0. The number of aliphatic carboxylic acids is 1. The SMILES string of the molecule is CC(Sc1ccccc1C(=O)N(C)Cc1ccc(OC(F)F)cc1)C(=O)O. The molecule has 1 N–H and O–H groups in total. The molecule has 5 nitrogen and oxygen atoms in total. The minimum absolute atomic E-state index is 0.0483. The quantitative estimate of drug-likeness (QED) is 0.681. The summed E-state index contributed by atoms with van der Waals surface area (Å²) in [6.45, 7) is -1.07. The van der Waals surface area contributed by atoms with Crippen LogP contribution in [0.5, 0.6) is 5.75 Å². The first-order valence-corrected chi connectivity index (χ1v) is 8.93. The van der Waals surface area contributed by atoms with Crippen molar-refractivity contribution >= 4 is 23.6 Å². The first-order valence-electron chi connectivity index (χ1n) is 8.05. The highest BCUT2D eigenvalue weighted by Crippen LogP contribution is 2.28. The van der Waals surface area contributed by atoms with Crippen LogP contribution in [0.1, 0.15) is 22.8 Å². The van der Waals surface area contributed by atoms with Crippen molar-refractivity contribution in [3.05, 3.63) is 59.7 Å². The highest BCUT2D eigenvalue weighted by Gasteiger charge is 2.20. The van der Waals surface area contributed by atoms with Gasteiger partial charge in [-0.2, -0.15) is 8.78 Å². The van der Waals surface area contributed by atoms with Gasteiger partial charge in [-0.05, 0) is 36.8 Å². The maximum Gasteiger partial charge on any atom is 0.387 e. The van der Waals surface area contributed by atoms with E-state index >= 15 is 0 Å². The second-order valence-electron chi connectivity index (χ2n) is 5.78. The summed E-state index contributed by atoms with van der Waals surface area (Å²) in [5.41, 5.74) is 1.16. The van der Waals surface area contributed by atoms with Gasteiger partial charge in [0.05, 0.1) is 5.56 Å².